The second-order valence-corrected chi connectivity index (χ2v) is 4.51. The number of aromatic nitrogens is 4. The lowest BCUT2D eigenvalue weighted by Gasteiger charge is -2.08. The molecule has 0 amide bonds. The van der Waals surface area contributed by atoms with Crippen molar-refractivity contribution in [3.63, 3.8) is 0 Å². The molecule has 0 bridgehead atoms. The van der Waals surface area contributed by atoms with Gasteiger partial charge < -0.3 is 4.74 Å². The molecule has 5 nitrogen and oxygen atoms in total. The third-order valence-electron chi connectivity index (χ3n) is 3.11. The maximum Gasteiger partial charge on any atom is 0.239 e. The van der Waals surface area contributed by atoms with Crippen LogP contribution in [0.5, 0.6) is 5.88 Å². The van der Waals surface area contributed by atoms with Crippen LogP contribution in [0.15, 0.2) is 30.6 Å². The summed E-state index contributed by atoms with van der Waals surface area (Å²) in [5.41, 5.74) is 0.761. The maximum absolute atomic E-state index is 5.81. The number of nitrogens with zero attached hydrogens (tertiary/aromatic N) is 4. The van der Waals surface area contributed by atoms with Gasteiger partial charge in [-0.25, -0.2) is 0 Å². The van der Waals surface area contributed by atoms with Gasteiger partial charge in [-0.1, -0.05) is 38.0 Å². The zero-order valence-electron chi connectivity index (χ0n) is 10.9. The molecular weight excluding hydrogens is 240 g/mol. The van der Waals surface area contributed by atoms with Gasteiger partial charge in [0.25, 0.3) is 0 Å². The number of rotatable bonds is 5. The molecule has 0 aliphatic heterocycles. The molecule has 19 heavy (non-hydrogen) atoms. The Morgan fingerprint density at radius 2 is 2.00 bits per heavy atom. The first-order valence-corrected chi connectivity index (χ1v) is 6.61. The minimum Gasteiger partial charge on any atom is -0.476 e. The standard InChI is InChI=1S/C14H16N4O/c1-2-3-6-9-19-14-12-8-5-4-7-11(12)13-16-15-10-18(13)17-14/h4-5,7-8,10H,2-3,6,9H2,1H3. The molecule has 0 aliphatic carbocycles. The number of ether oxygens (including phenoxy) is 1. The Hall–Kier alpha value is -2.17. The number of fused-ring (bicyclic) bond motifs is 3. The summed E-state index contributed by atoms with van der Waals surface area (Å²) in [6.07, 6.45) is 5.00. The van der Waals surface area contributed by atoms with E-state index in [1.165, 1.54) is 12.8 Å². The minimum atomic E-state index is 0.652. The van der Waals surface area contributed by atoms with Crippen molar-refractivity contribution >= 4 is 16.4 Å². The molecule has 0 radical (unpaired) electrons. The molecule has 0 atom stereocenters. The molecular formula is C14H16N4O. The Morgan fingerprint density at radius 1 is 1.16 bits per heavy atom. The summed E-state index contributed by atoms with van der Waals surface area (Å²) < 4.78 is 7.48. The van der Waals surface area contributed by atoms with Gasteiger partial charge in [-0.15, -0.1) is 15.3 Å². The van der Waals surface area contributed by atoms with E-state index in [4.69, 9.17) is 4.74 Å². The Morgan fingerprint density at radius 3 is 2.84 bits per heavy atom. The molecule has 2 aromatic heterocycles. The quantitative estimate of drug-likeness (QED) is 0.659. The van der Waals surface area contributed by atoms with Crippen LogP contribution >= 0.6 is 0 Å². The normalized spacial score (nSPS) is 11.2. The Bertz CT molecular complexity index is 692. The summed E-state index contributed by atoms with van der Waals surface area (Å²) >= 11 is 0. The summed E-state index contributed by atoms with van der Waals surface area (Å²) in [5.74, 6) is 0.652. The van der Waals surface area contributed by atoms with Gasteiger partial charge in [-0.05, 0) is 12.5 Å². The molecule has 0 spiro atoms. The van der Waals surface area contributed by atoms with Gasteiger partial charge in [0.2, 0.25) is 5.88 Å². The lowest BCUT2D eigenvalue weighted by atomic mass is 10.2. The van der Waals surface area contributed by atoms with Crippen LogP contribution in [-0.4, -0.2) is 26.4 Å². The van der Waals surface area contributed by atoms with E-state index >= 15 is 0 Å². The van der Waals surface area contributed by atoms with E-state index in [1.54, 1.807) is 10.8 Å². The molecule has 0 fully saturated rings. The van der Waals surface area contributed by atoms with E-state index in [1.807, 2.05) is 24.3 Å². The fourth-order valence-electron chi connectivity index (χ4n) is 2.12. The molecule has 2 heterocycles. The van der Waals surface area contributed by atoms with Crippen molar-refractivity contribution in [3.05, 3.63) is 30.6 Å². The third-order valence-corrected chi connectivity index (χ3v) is 3.11. The van der Waals surface area contributed by atoms with Gasteiger partial charge in [-0.2, -0.15) is 4.52 Å². The van der Waals surface area contributed by atoms with Crippen molar-refractivity contribution in [2.45, 2.75) is 26.2 Å². The van der Waals surface area contributed by atoms with Crippen LogP contribution in [0.4, 0.5) is 0 Å². The second kappa shape index (κ2) is 5.22. The Balaban J connectivity index is 2.00. The van der Waals surface area contributed by atoms with Crippen molar-refractivity contribution < 1.29 is 4.74 Å². The van der Waals surface area contributed by atoms with Gasteiger partial charge in [0.05, 0.1) is 6.61 Å². The fourth-order valence-corrected chi connectivity index (χ4v) is 2.12. The SMILES string of the molecule is CCCCCOc1nn2cnnc2c2ccccc12. The highest BCUT2D eigenvalue weighted by molar-refractivity contribution is 5.96. The van der Waals surface area contributed by atoms with Crippen LogP contribution in [0, 0.1) is 0 Å². The van der Waals surface area contributed by atoms with Gasteiger partial charge >= 0.3 is 0 Å². The molecule has 3 aromatic rings. The lowest BCUT2D eigenvalue weighted by Crippen LogP contribution is -2.03. The predicted octanol–water partition coefficient (Wildman–Crippen LogP) is 2.85. The molecule has 5 heteroatoms. The minimum absolute atomic E-state index is 0.652. The highest BCUT2D eigenvalue weighted by Gasteiger charge is 2.10. The number of benzene rings is 1. The average molecular weight is 256 g/mol. The highest BCUT2D eigenvalue weighted by atomic mass is 16.5. The summed E-state index contributed by atoms with van der Waals surface area (Å²) in [7, 11) is 0. The molecule has 0 unspecified atom stereocenters. The zero-order chi connectivity index (χ0) is 13.1. The van der Waals surface area contributed by atoms with Crippen molar-refractivity contribution in [1.82, 2.24) is 19.8 Å². The van der Waals surface area contributed by atoms with Gasteiger partial charge in [0.15, 0.2) is 5.65 Å². The zero-order valence-corrected chi connectivity index (χ0v) is 10.9. The lowest BCUT2D eigenvalue weighted by molar-refractivity contribution is 0.294. The fraction of sp³-hybridized carbons (Fsp3) is 0.357. The average Bonchev–Trinajstić information content (AvgIpc) is 2.92. The highest BCUT2D eigenvalue weighted by Crippen LogP contribution is 2.25. The predicted molar refractivity (Wildman–Crippen MR) is 73.3 cm³/mol. The van der Waals surface area contributed by atoms with E-state index in [2.05, 4.69) is 22.2 Å². The first-order valence-electron chi connectivity index (χ1n) is 6.61. The van der Waals surface area contributed by atoms with Crippen molar-refractivity contribution in [2.24, 2.45) is 0 Å². The summed E-state index contributed by atoms with van der Waals surface area (Å²) in [5, 5.41) is 14.4. The van der Waals surface area contributed by atoms with Crippen LogP contribution in [-0.2, 0) is 0 Å². The van der Waals surface area contributed by atoms with Crippen LogP contribution in [0.1, 0.15) is 26.2 Å². The van der Waals surface area contributed by atoms with Gasteiger partial charge in [0, 0.05) is 10.8 Å². The number of hydrogen-bond acceptors (Lipinski definition) is 4. The molecule has 0 saturated carbocycles. The van der Waals surface area contributed by atoms with Crippen molar-refractivity contribution in [3.8, 4) is 5.88 Å². The van der Waals surface area contributed by atoms with E-state index in [-0.39, 0.29) is 0 Å². The number of hydrogen-bond donors (Lipinski definition) is 0. The molecule has 0 saturated heterocycles. The van der Waals surface area contributed by atoms with E-state index < -0.39 is 0 Å². The van der Waals surface area contributed by atoms with Crippen molar-refractivity contribution in [2.75, 3.05) is 6.61 Å². The Kier molecular flexibility index (Phi) is 3.27. The summed E-state index contributed by atoms with van der Waals surface area (Å²) in [6, 6.07) is 7.99. The van der Waals surface area contributed by atoms with Crippen LogP contribution < -0.4 is 4.74 Å². The van der Waals surface area contributed by atoms with Gasteiger partial charge in [-0.3, -0.25) is 0 Å². The molecule has 3 rings (SSSR count). The summed E-state index contributed by atoms with van der Waals surface area (Å²) in [6.45, 7) is 2.87. The van der Waals surface area contributed by atoms with Crippen LogP contribution in [0.2, 0.25) is 0 Å². The van der Waals surface area contributed by atoms with Crippen molar-refractivity contribution in [1.29, 1.82) is 0 Å². The largest absolute Gasteiger partial charge is 0.476 e. The first-order chi connectivity index (χ1) is 9.40. The molecule has 1 aromatic carbocycles. The first kappa shape index (κ1) is 11.9. The number of unbranched alkanes of at least 4 members (excludes halogenated alkanes) is 2. The maximum atomic E-state index is 5.81. The van der Waals surface area contributed by atoms with E-state index in [9.17, 15) is 0 Å². The third kappa shape index (κ3) is 2.23. The molecule has 0 N–H and O–H groups in total. The van der Waals surface area contributed by atoms with Crippen LogP contribution in [0.25, 0.3) is 16.4 Å². The van der Waals surface area contributed by atoms with E-state index in [0.29, 0.717) is 12.5 Å². The van der Waals surface area contributed by atoms with Crippen LogP contribution in [0.3, 0.4) is 0 Å². The topological polar surface area (TPSA) is 52.3 Å². The second-order valence-electron chi connectivity index (χ2n) is 4.51. The molecule has 98 valence electrons. The Labute approximate surface area is 111 Å². The van der Waals surface area contributed by atoms with E-state index in [0.717, 1.165) is 22.8 Å². The van der Waals surface area contributed by atoms with Gasteiger partial charge in [0.1, 0.15) is 6.33 Å². The molecule has 0 aliphatic rings. The smallest absolute Gasteiger partial charge is 0.239 e. The monoisotopic (exact) mass is 256 g/mol. The summed E-state index contributed by atoms with van der Waals surface area (Å²) in [4.78, 5) is 0.